The zero-order chi connectivity index (χ0) is 40.3. The maximum Gasteiger partial charge on any atom is 0.143 e. The van der Waals surface area contributed by atoms with Gasteiger partial charge in [-0.2, -0.15) is 0 Å². The zero-order valence-electron chi connectivity index (χ0n) is 33.1. The highest BCUT2D eigenvalue weighted by molar-refractivity contribution is 6.19. The summed E-state index contributed by atoms with van der Waals surface area (Å²) in [5, 5.41) is 6.80. The van der Waals surface area contributed by atoms with Gasteiger partial charge in [-0.25, -0.2) is 0 Å². The first-order valence-corrected chi connectivity index (χ1v) is 20.7. The average molecular weight is 780 g/mol. The standard InChI is InChI=1S/C58H37NO2/c1-3-12-38(13-4-1)39-22-29-44(30-23-39)59(46-33-26-42(27-34-46)47-19-11-20-51-49-17-9-10-21-55(49)60-57(47)51)45-31-24-40(25-32-45)43-28-35-56-53(36-43)54-37-52(41-14-5-2-6-15-41)48-16-7-8-18-50(48)58(54)61-56/h1-37H. The van der Waals surface area contributed by atoms with Crippen LogP contribution in [0.3, 0.4) is 0 Å². The van der Waals surface area contributed by atoms with Crippen LogP contribution in [0.1, 0.15) is 0 Å². The first-order valence-electron chi connectivity index (χ1n) is 20.7. The molecule has 0 saturated heterocycles. The fourth-order valence-electron chi connectivity index (χ4n) is 9.08. The van der Waals surface area contributed by atoms with Gasteiger partial charge < -0.3 is 13.7 Å². The Kier molecular flexibility index (Phi) is 8.17. The molecule has 0 radical (unpaired) electrons. The van der Waals surface area contributed by atoms with Crippen molar-refractivity contribution in [2.45, 2.75) is 0 Å². The van der Waals surface area contributed by atoms with Gasteiger partial charge in [0.2, 0.25) is 0 Å². The number of benzene rings is 10. The second kappa shape index (κ2) is 14.3. The van der Waals surface area contributed by atoms with Crippen molar-refractivity contribution in [1.82, 2.24) is 0 Å². The third-order valence-corrected chi connectivity index (χ3v) is 12.1. The molecule has 2 aromatic heterocycles. The van der Waals surface area contributed by atoms with E-state index in [1.165, 1.54) is 27.6 Å². The largest absolute Gasteiger partial charge is 0.455 e. The summed E-state index contributed by atoms with van der Waals surface area (Å²) in [5.41, 5.74) is 16.1. The van der Waals surface area contributed by atoms with Crippen molar-refractivity contribution < 1.29 is 8.83 Å². The van der Waals surface area contributed by atoms with E-state index in [0.717, 1.165) is 88.6 Å². The minimum Gasteiger partial charge on any atom is -0.455 e. The number of hydrogen-bond acceptors (Lipinski definition) is 3. The normalized spacial score (nSPS) is 11.6. The molecule has 10 aromatic carbocycles. The van der Waals surface area contributed by atoms with Gasteiger partial charge in [-0.15, -0.1) is 0 Å². The smallest absolute Gasteiger partial charge is 0.143 e. The van der Waals surface area contributed by atoms with E-state index in [-0.39, 0.29) is 0 Å². The molecule has 0 aliphatic carbocycles. The van der Waals surface area contributed by atoms with E-state index in [4.69, 9.17) is 8.83 Å². The average Bonchev–Trinajstić information content (AvgIpc) is 3.91. The molecular weight excluding hydrogens is 743 g/mol. The van der Waals surface area contributed by atoms with Crippen LogP contribution >= 0.6 is 0 Å². The summed E-state index contributed by atoms with van der Waals surface area (Å²) in [4.78, 5) is 2.33. The van der Waals surface area contributed by atoms with E-state index in [9.17, 15) is 0 Å². The predicted octanol–water partition coefficient (Wildman–Crippen LogP) is 16.8. The second-order valence-electron chi connectivity index (χ2n) is 15.6. The van der Waals surface area contributed by atoms with Crippen LogP contribution < -0.4 is 4.90 Å². The molecule has 0 aliphatic rings. The van der Waals surface area contributed by atoms with Crippen LogP contribution in [0, 0.1) is 0 Å². The topological polar surface area (TPSA) is 29.5 Å². The lowest BCUT2D eigenvalue weighted by atomic mass is 9.95. The summed E-state index contributed by atoms with van der Waals surface area (Å²) in [6.07, 6.45) is 0. The highest BCUT2D eigenvalue weighted by Crippen LogP contribution is 2.43. The molecule has 0 spiro atoms. The quantitative estimate of drug-likeness (QED) is 0.161. The number of fused-ring (bicyclic) bond motifs is 8. The Bertz CT molecular complexity index is 3550. The Hall–Kier alpha value is -8.14. The Labute approximate surface area is 353 Å². The van der Waals surface area contributed by atoms with E-state index in [1.54, 1.807) is 0 Å². The monoisotopic (exact) mass is 779 g/mol. The molecule has 0 amide bonds. The molecule has 0 aliphatic heterocycles. The molecule has 0 atom stereocenters. The SMILES string of the molecule is c1ccc(-c2ccc(N(c3ccc(-c4ccc5oc6c7ccccc7c(-c7ccccc7)cc6c5c4)cc3)c3ccc(-c4cccc5c4oc4ccccc45)cc3)cc2)cc1. The van der Waals surface area contributed by atoms with Gasteiger partial charge in [0, 0.05) is 49.6 Å². The van der Waals surface area contributed by atoms with Gasteiger partial charge in [-0.05, 0) is 105 Å². The van der Waals surface area contributed by atoms with Crippen LogP contribution in [0.25, 0.3) is 99.2 Å². The molecule has 0 bridgehead atoms. The number of hydrogen-bond donors (Lipinski definition) is 0. The molecule has 3 nitrogen and oxygen atoms in total. The van der Waals surface area contributed by atoms with Gasteiger partial charge in [-0.1, -0.05) is 164 Å². The summed E-state index contributed by atoms with van der Waals surface area (Å²) < 4.78 is 13.0. The molecule has 2 heterocycles. The molecule has 12 rings (SSSR count). The van der Waals surface area contributed by atoms with Crippen molar-refractivity contribution in [3.8, 4) is 44.5 Å². The van der Waals surface area contributed by atoms with Crippen LogP contribution in [-0.2, 0) is 0 Å². The maximum absolute atomic E-state index is 6.59. The van der Waals surface area contributed by atoms with Crippen molar-refractivity contribution in [1.29, 1.82) is 0 Å². The Morgan fingerprint density at radius 2 is 0.705 bits per heavy atom. The Morgan fingerprint density at radius 3 is 1.39 bits per heavy atom. The summed E-state index contributed by atoms with van der Waals surface area (Å²) in [7, 11) is 0. The lowest BCUT2D eigenvalue weighted by Crippen LogP contribution is -2.09. The third kappa shape index (κ3) is 5.98. The highest BCUT2D eigenvalue weighted by Gasteiger charge is 2.18. The second-order valence-corrected chi connectivity index (χ2v) is 15.6. The van der Waals surface area contributed by atoms with E-state index < -0.39 is 0 Å². The van der Waals surface area contributed by atoms with Crippen molar-refractivity contribution in [3.63, 3.8) is 0 Å². The number of anilines is 3. The van der Waals surface area contributed by atoms with Crippen LogP contribution in [-0.4, -0.2) is 0 Å². The lowest BCUT2D eigenvalue weighted by Gasteiger charge is -2.26. The van der Waals surface area contributed by atoms with E-state index in [0.29, 0.717) is 0 Å². The van der Waals surface area contributed by atoms with Gasteiger partial charge in [0.15, 0.2) is 0 Å². The van der Waals surface area contributed by atoms with E-state index in [1.807, 2.05) is 12.1 Å². The summed E-state index contributed by atoms with van der Waals surface area (Å²) in [6.45, 7) is 0. The van der Waals surface area contributed by atoms with Crippen molar-refractivity contribution in [2.75, 3.05) is 4.90 Å². The number of para-hydroxylation sites is 2. The number of furan rings is 2. The van der Waals surface area contributed by atoms with Gasteiger partial charge >= 0.3 is 0 Å². The molecule has 61 heavy (non-hydrogen) atoms. The van der Waals surface area contributed by atoms with E-state index >= 15 is 0 Å². The number of rotatable bonds is 7. The molecule has 286 valence electrons. The van der Waals surface area contributed by atoms with Gasteiger partial charge in [0.1, 0.15) is 22.3 Å². The fraction of sp³-hybridized carbons (Fsp3) is 0. The zero-order valence-corrected chi connectivity index (χ0v) is 33.1. The molecular formula is C58H37NO2. The van der Waals surface area contributed by atoms with Crippen molar-refractivity contribution >= 4 is 71.7 Å². The Balaban J connectivity index is 0.935. The first kappa shape index (κ1) is 34.9. The lowest BCUT2D eigenvalue weighted by molar-refractivity contribution is 0.670. The summed E-state index contributed by atoms with van der Waals surface area (Å²) in [5.74, 6) is 0. The van der Waals surface area contributed by atoms with Gasteiger partial charge in [-0.3, -0.25) is 0 Å². The molecule has 0 unspecified atom stereocenters. The van der Waals surface area contributed by atoms with Gasteiger partial charge in [0.25, 0.3) is 0 Å². The van der Waals surface area contributed by atoms with Crippen LogP contribution in [0.15, 0.2) is 233 Å². The fourth-order valence-corrected chi connectivity index (χ4v) is 9.08. The molecule has 0 saturated carbocycles. The van der Waals surface area contributed by atoms with Crippen molar-refractivity contribution in [3.05, 3.63) is 224 Å². The third-order valence-electron chi connectivity index (χ3n) is 12.1. The molecule has 3 heteroatoms. The van der Waals surface area contributed by atoms with Crippen LogP contribution in [0.4, 0.5) is 17.1 Å². The minimum absolute atomic E-state index is 0.885. The van der Waals surface area contributed by atoms with E-state index in [2.05, 4.69) is 217 Å². The van der Waals surface area contributed by atoms with Gasteiger partial charge in [0.05, 0.1) is 0 Å². The van der Waals surface area contributed by atoms with Crippen LogP contribution in [0.2, 0.25) is 0 Å². The maximum atomic E-state index is 6.59. The summed E-state index contributed by atoms with van der Waals surface area (Å²) >= 11 is 0. The minimum atomic E-state index is 0.885. The first-order chi connectivity index (χ1) is 30.2. The molecule has 0 N–H and O–H groups in total. The summed E-state index contributed by atoms with van der Waals surface area (Å²) in [6, 6.07) is 79.8. The highest BCUT2D eigenvalue weighted by atomic mass is 16.3. The molecule has 12 aromatic rings. The van der Waals surface area contributed by atoms with Crippen LogP contribution in [0.5, 0.6) is 0 Å². The number of nitrogens with zero attached hydrogens (tertiary/aromatic N) is 1. The Morgan fingerprint density at radius 1 is 0.246 bits per heavy atom. The van der Waals surface area contributed by atoms with Crippen molar-refractivity contribution in [2.24, 2.45) is 0 Å². The molecule has 0 fully saturated rings. The predicted molar refractivity (Wildman–Crippen MR) is 255 cm³/mol.